The minimum atomic E-state index is -0.324. The Balaban J connectivity index is 2.53. The van der Waals surface area contributed by atoms with Gasteiger partial charge in [0.2, 0.25) is 0 Å². The van der Waals surface area contributed by atoms with Crippen molar-refractivity contribution in [3.8, 4) is 0 Å². The molecule has 1 aromatic carbocycles. The Morgan fingerprint density at radius 3 is 2.47 bits per heavy atom. The third-order valence-electron chi connectivity index (χ3n) is 2.89. The fourth-order valence-electron chi connectivity index (χ4n) is 1.82. The molecule has 0 aromatic heterocycles. The highest BCUT2D eigenvalue weighted by Gasteiger charge is 2.04. The number of benzene rings is 1. The first-order valence-corrected chi connectivity index (χ1v) is 6.17. The van der Waals surface area contributed by atoms with E-state index in [-0.39, 0.29) is 11.8 Å². The van der Waals surface area contributed by atoms with Gasteiger partial charge in [0.15, 0.2) is 0 Å². The first-order valence-electron chi connectivity index (χ1n) is 6.17. The van der Waals surface area contributed by atoms with Gasteiger partial charge in [0.05, 0.1) is 7.11 Å². The Kier molecular flexibility index (Phi) is 5.70. The second-order valence-electron chi connectivity index (χ2n) is 4.55. The molecule has 0 radical (unpaired) electrons. The summed E-state index contributed by atoms with van der Waals surface area (Å²) in [5, 5.41) is 3.18. The maximum atomic E-state index is 13.5. The first kappa shape index (κ1) is 15.4. The van der Waals surface area contributed by atoms with Gasteiger partial charge in [0, 0.05) is 18.7 Å². The van der Waals surface area contributed by atoms with E-state index >= 15 is 0 Å². The molecule has 0 amide bonds. The molecule has 0 aliphatic heterocycles. The molecule has 19 heavy (non-hydrogen) atoms. The van der Waals surface area contributed by atoms with Crippen LogP contribution in [0.25, 0.3) is 0 Å². The Hall–Kier alpha value is -1.68. The molecular weight excluding hydrogens is 245 g/mol. The molecule has 0 aliphatic rings. The molecule has 0 saturated heterocycles. The van der Waals surface area contributed by atoms with Gasteiger partial charge in [-0.3, -0.25) is 0 Å². The van der Waals surface area contributed by atoms with E-state index in [0.717, 1.165) is 5.56 Å². The normalized spacial score (nSPS) is 11.5. The van der Waals surface area contributed by atoms with Gasteiger partial charge in [0.25, 0.3) is 0 Å². The number of rotatable bonds is 5. The highest BCUT2D eigenvalue weighted by atomic mass is 19.1. The van der Waals surface area contributed by atoms with E-state index < -0.39 is 0 Å². The number of hydrogen-bond donors (Lipinski definition) is 1. The zero-order chi connectivity index (χ0) is 14.4. The maximum Gasteiger partial charge on any atom is 0.333 e. The number of carbonyl (C=O) groups excluding carboxylic acids is 1. The third kappa shape index (κ3) is 4.48. The Labute approximate surface area is 113 Å². The molecule has 104 valence electrons. The van der Waals surface area contributed by atoms with Crippen LogP contribution >= 0.6 is 0 Å². The smallest absolute Gasteiger partial charge is 0.333 e. The highest BCUT2D eigenvalue weighted by Crippen LogP contribution is 2.14. The van der Waals surface area contributed by atoms with Crippen molar-refractivity contribution >= 4 is 5.97 Å². The molecule has 1 aromatic rings. The van der Waals surface area contributed by atoms with E-state index in [4.69, 9.17) is 0 Å². The van der Waals surface area contributed by atoms with E-state index in [2.05, 4.69) is 10.1 Å². The van der Waals surface area contributed by atoms with Crippen molar-refractivity contribution in [2.24, 2.45) is 0 Å². The van der Waals surface area contributed by atoms with Crippen molar-refractivity contribution in [1.29, 1.82) is 0 Å². The highest BCUT2D eigenvalue weighted by molar-refractivity contribution is 5.87. The molecule has 0 fully saturated rings. The summed E-state index contributed by atoms with van der Waals surface area (Å²) >= 11 is 0. The number of methoxy groups -OCH3 is 1. The first-order chi connectivity index (χ1) is 8.95. The van der Waals surface area contributed by atoms with Crippen LogP contribution in [0.3, 0.4) is 0 Å². The second kappa shape index (κ2) is 7.04. The van der Waals surface area contributed by atoms with Crippen LogP contribution < -0.4 is 5.32 Å². The molecule has 0 aliphatic carbocycles. The number of esters is 1. The minimum absolute atomic E-state index is 0.148. The van der Waals surface area contributed by atoms with E-state index in [0.29, 0.717) is 29.8 Å². The number of nitrogens with one attached hydrogen (secondary N) is 1. The SMILES string of the molecule is COC(=O)/C(C)=C/CNCc1cc(C)c(F)c(C)c1. The van der Waals surface area contributed by atoms with Crippen molar-refractivity contribution in [3.63, 3.8) is 0 Å². The van der Waals surface area contributed by atoms with Crippen LogP contribution in [0, 0.1) is 19.7 Å². The summed E-state index contributed by atoms with van der Waals surface area (Å²) in [4.78, 5) is 11.1. The van der Waals surface area contributed by atoms with Crippen molar-refractivity contribution in [2.75, 3.05) is 13.7 Å². The van der Waals surface area contributed by atoms with Gasteiger partial charge < -0.3 is 10.1 Å². The standard InChI is InChI=1S/C15H20FNO2/c1-10(15(18)19-4)5-6-17-9-13-7-11(2)14(16)12(3)8-13/h5,7-8,17H,6,9H2,1-4H3/b10-5+. The zero-order valence-corrected chi connectivity index (χ0v) is 11.8. The van der Waals surface area contributed by atoms with Crippen LogP contribution in [-0.2, 0) is 16.1 Å². The van der Waals surface area contributed by atoms with Crippen LogP contribution in [0.5, 0.6) is 0 Å². The predicted octanol–water partition coefficient (Wildman–Crippen LogP) is 2.65. The zero-order valence-electron chi connectivity index (χ0n) is 11.8. The number of carbonyl (C=O) groups is 1. The lowest BCUT2D eigenvalue weighted by atomic mass is 10.1. The molecule has 0 bridgehead atoms. The average Bonchev–Trinajstić information content (AvgIpc) is 2.39. The summed E-state index contributed by atoms with van der Waals surface area (Å²) in [5.41, 5.74) is 2.90. The van der Waals surface area contributed by atoms with Crippen LogP contribution in [0.2, 0.25) is 0 Å². The molecule has 1 N–H and O–H groups in total. The average molecular weight is 265 g/mol. The van der Waals surface area contributed by atoms with Crippen LogP contribution in [0.4, 0.5) is 4.39 Å². The van der Waals surface area contributed by atoms with Gasteiger partial charge in [-0.15, -0.1) is 0 Å². The lowest BCUT2D eigenvalue weighted by Gasteiger charge is -2.07. The summed E-state index contributed by atoms with van der Waals surface area (Å²) in [7, 11) is 1.36. The molecule has 0 heterocycles. The van der Waals surface area contributed by atoms with Crippen LogP contribution in [-0.4, -0.2) is 19.6 Å². The summed E-state index contributed by atoms with van der Waals surface area (Å²) in [5.74, 6) is -0.472. The minimum Gasteiger partial charge on any atom is -0.466 e. The Morgan fingerprint density at radius 1 is 1.37 bits per heavy atom. The van der Waals surface area contributed by atoms with Crippen LogP contribution in [0.1, 0.15) is 23.6 Å². The summed E-state index contributed by atoms with van der Waals surface area (Å²) in [6.07, 6.45) is 1.77. The van der Waals surface area contributed by atoms with Crippen molar-refractivity contribution in [3.05, 3.63) is 46.3 Å². The second-order valence-corrected chi connectivity index (χ2v) is 4.55. The molecule has 0 spiro atoms. The van der Waals surface area contributed by atoms with Crippen LogP contribution in [0.15, 0.2) is 23.8 Å². The number of ether oxygens (including phenoxy) is 1. The monoisotopic (exact) mass is 265 g/mol. The van der Waals surface area contributed by atoms with Gasteiger partial charge in [-0.2, -0.15) is 0 Å². The Morgan fingerprint density at radius 2 is 1.95 bits per heavy atom. The molecule has 0 unspecified atom stereocenters. The van der Waals surface area contributed by atoms with Crippen molar-refractivity contribution < 1.29 is 13.9 Å². The molecule has 3 nitrogen and oxygen atoms in total. The van der Waals surface area contributed by atoms with Gasteiger partial charge in [-0.05, 0) is 37.5 Å². The molecule has 1 rings (SSSR count). The van der Waals surface area contributed by atoms with Crippen molar-refractivity contribution in [1.82, 2.24) is 5.32 Å². The fraction of sp³-hybridized carbons (Fsp3) is 0.400. The van der Waals surface area contributed by atoms with Gasteiger partial charge in [-0.25, -0.2) is 9.18 Å². The molecule has 0 atom stereocenters. The van der Waals surface area contributed by atoms with E-state index in [1.165, 1.54) is 7.11 Å². The topological polar surface area (TPSA) is 38.3 Å². The van der Waals surface area contributed by atoms with Crippen molar-refractivity contribution in [2.45, 2.75) is 27.3 Å². The molecule has 4 heteroatoms. The lowest BCUT2D eigenvalue weighted by molar-refractivity contribution is -0.136. The number of hydrogen-bond acceptors (Lipinski definition) is 3. The summed E-state index contributed by atoms with van der Waals surface area (Å²) in [6, 6.07) is 3.65. The number of aryl methyl sites for hydroxylation is 2. The van der Waals surface area contributed by atoms with E-state index in [1.807, 2.05) is 12.1 Å². The van der Waals surface area contributed by atoms with Gasteiger partial charge >= 0.3 is 5.97 Å². The predicted molar refractivity (Wildman–Crippen MR) is 73.4 cm³/mol. The van der Waals surface area contributed by atoms with E-state index in [1.54, 1.807) is 26.8 Å². The van der Waals surface area contributed by atoms with Gasteiger partial charge in [-0.1, -0.05) is 18.2 Å². The summed E-state index contributed by atoms with van der Waals surface area (Å²) < 4.78 is 18.0. The third-order valence-corrected chi connectivity index (χ3v) is 2.89. The maximum absolute atomic E-state index is 13.5. The van der Waals surface area contributed by atoms with E-state index in [9.17, 15) is 9.18 Å². The Bertz CT molecular complexity index is 472. The summed E-state index contributed by atoms with van der Waals surface area (Å²) in [6.45, 7) is 6.42. The largest absolute Gasteiger partial charge is 0.466 e. The lowest BCUT2D eigenvalue weighted by Crippen LogP contribution is -2.15. The number of halogens is 1. The van der Waals surface area contributed by atoms with Gasteiger partial charge in [0.1, 0.15) is 5.82 Å². The quantitative estimate of drug-likeness (QED) is 0.505. The molecule has 0 saturated carbocycles. The fourth-order valence-corrected chi connectivity index (χ4v) is 1.82. The molecular formula is C15H20FNO2.